The number of Topliss-reactive ketones (excluding diaryl/α,β-unsaturated/α-hetero) is 1. The van der Waals surface area contributed by atoms with Crippen LogP contribution in [0.15, 0.2) is 30.3 Å². The number of nitrogens with zero attached hydrogens (tertiary/aromatic N) is 1. The zero-order chi connectivity index (χ0) is 27.4. The zero-order valence-electron chi connectivity index (χ0n) is 22.7. The monoisotopic (exact) mass is 504 g/mol. The van der Waals surface area contributed by atoms with E-state index in [1.165, 1.54) is 12.0 Å². The van der Waals surface area contributed by atoms with Gasteiger partial charge in [0.1, 0.15) is 5.60 Å². The summed E-state index contributed by atoms with van der Waals surface area (Å²) in [6.45, 7) is 12.0. The highest BCUT2D eigenvalue weighted by atomic mass is 16.6. The lowest BCUT2D eigenvalue weighted by atomic mass is 9.63. The van der Waals surface area contributed by atoms with E-state index in [1.54, 1.807) is 48.5 Å². The average Bonchev–Trinajstić information content (AvgIpc) is 2.77. The van der Waals surface area contributed by atoms with Crippen LogP contribution in [0.4, 0.5) is 4.79 Å². The lowest BCUT2D eigenvalue weighted by molar-refractivity contribution is -0.193. The van der Waals surface area contributed by atoms with E-state index in [1.807, 2.05) is 30.3 Å². The molecule has 2 amide bonds. The van der Waals surface area contributed by atoms with Crippen molar-refractivity contribution >= 4 is 23.8 Å². The molecular formula is C27H40N2O7. The summed E-state index contributed by atoms with van der Waals surface area (Å²) in [5.74, 6) is -1.67. The van der Waals surface area contributed by atoms with Gasteiger partial charge in [0.2, 0.25) is 11.4 Å². The molecule has 1 aliphatic rings. The van der Waals surface area contributed by atoms with Crippen molar-refractivity contribution in [2.45, 2.75) is 84.6 Å². The molecule has 0 aliphatic carbocycles. The van der Waals surface area contributed by atoms with Crippen LogP contribution in [0.1, 0.15) is 66.9 Å². The molecule has 2 rings (SSSR count). The van der Waals surface area contributed by atoms with Gasteiger partial charge in [0.25, 0.3) is 0 Å². The predicted octanol–water partition coefficient (Wildman–Crippen LogP) is 3.64. The molecule has 0 unspecified atom stereocenters. The van der Waals surface area contributed by atoms with E-state index < -0.39 is 39.9 Å². The van der Waals surface area contributed by atoms with Crippen LogP contribution in [0.5, 0.6) is 0 Å². The molecule has 0 spiro atoms. The van der Waals surface area contributed by atoms with Gasteiger partial charge in [-0.05, 0) is 47.1 Å². The van der Waals surface area contributed by atoms with Gasteiger partial charge in [-0.1, -0.05) is 37.3 Å². The normalized spacial score (nSPS) is 20.5. The SMILES string of the molecule is COC(=O)[C@]1([C@@](C)(CNC(=O)OC(C)(C)C)COCc2ccccc2)C(=O)CCC(=O)N1C(C)(C)C. The van der Waals surface area contributed by atoms with Crippen LogP contribution in [-0.4, -0.2) is 65.6 Å². The molecule has 1 aliphatic heterocycles. The third kappa shape index (κ3) is 6.24. The maximum Gasteiger partial charge on any atom is 0.407 e. The van der Waals surface area contributed by atoms with Gasteiger partial charge in [0.05, 0.1) is 20.3 Å². The Morgan fingerprint density at radius 1 is 1.00 bits per heavy atom. The summed E-state index contributed by atoms with van der Waals surface area (Å²) < 4.78 is 16.6. The Morgan fingerprint density at radius 2 is 1.61 bits per heavy atom. The number of ketones is 1. The van der Waals surface area contributed by atoms with Gasteiger partial charge in [-0.15, -0.1) is 0 Å². The number of hydrogen-bond acceptors (Lipinski definition) is 7. The maximum absolute atomic E-state index is 13.8. The van der Waals surface area contributed by atoms with Crippen molar-refractivity contribution < 1.29 is 33.4 Å². The molecule has 0 radical (unpaired) electrons. The number of methoxy groups -OCH3 is 1. The van der Waals surface area contributed by atoms with Crippen molar-refractivity contribution in [2.75, 3.05) is 20.3 Å². The first-order valence-electron chi connectivity index (χ1n) is 12.1. The molecule has 2 atom stereocenters. The number of esters is 1. The first-order chi connectivity index (χ1) is 16.6. The minimum atomic E-state index is -2.03. The molecule has 200 valence electrons. The van der Waals surface area contributed by atoms with E-state index in [4.69, 9.17) is 14.2 Å². The van der Waals surface area contributed by atoms with Crippen LogP contribution in [0.2, 0.25) is 0 Å². The highest BCUT2D eigenvalue weighted by Crippen LogP contribution is 2.46. The Morgan fingerprint density at radius 3 is 2.14 bits per heavy atom. The van der Waals surface area contributed by atoms with Gasteiger partial charge in [-0.3, -0.25) is 9.59 Å². The number of rotatable bonds is 8. The number of nitrogens with one attached hydrogen (secondary N) is 1. The minimum Gasteiger partial charge on any atom is -0.467 e. The van der Waals surface area contributed by atoms with Gasteiger partial charge in [0.15, 0.2) is 5.78 Å². The number of carbonyl (C=O) groups is 4. The van der Waals surface area contributed by atoms with Crippen LogP contribution in [0.3, 0.4) is 0 Å². The molecule has 1 aromatic rings. The first kappa shape index (κ1) is 29.3. The van der Waals surface area contributed by atoms with Crippen molar-refractivity contribution in [3.8, 4) is 0 Å². The summed E-state index contributed by atoms with van der Waals surface area (Å²) in [6, 6.07) is 9.43. The number of benzene rings is 1. The van der Waals surface area contributed by atoms with Gasteiger partial charge in [-0.2, -0.15) is 0 Å². The Labute approximate surface area is 213 Å². The van der Waals surface area contributed by atoms with E-state index in [0.717, 1.165) is 5.56 Å². The second kappa shape index (κ2) is 11.0. The number of carbonyl (C=O) groups excluding carboxylic acids is 4. The number of likely N-dealkylation sites (tertiary alicyclic amines) is 1. The summed E-state index contributed by atoms with van der Waals surface area (Å²) in [5.41, 5.74) is -4.19. The smallest absolute Gasteiger partial charge is 0.407 e. The minimum absolute atomic E-state index is 0.0186. The standard InChI is InChI=1S/C27H40N2O7/c1-24(2,3)29-21(31)15-14-20(30)27(29,22(32)34-8)26(7,17-28-23(33)36-25(4,5)6)18-35-16-19-12-10-9-11-13-19/h9-13H,14-18H2,1-8H3,(H,28,33)/t26-,27-/m0/s1. The van der Waals surface area contributed by atoms with Crippen molar-refractivity contribution in [3.63, 3.8) is 0 Å². The third-order valence-electron chi connectivity index (χ3n) is 6.13. The molecule has 0 aromatic heterocycles. The predicted molar refractivity (Wildman–Crippen MR) is 134 cm³/mol. The number of piperidine rings is 1. The second-order valence-corrected chi connectivity index (χ2v) is 11.4. The molecule has 1 heterocycles. The maximum atomic E-state index is 13.8. The number of ether oxygens (including phenoxy) is 3. The highest BCUT2D eigenvalue weighted by molar-refractivity contribution is 6.15. The van der Waals surface area contributed by atoms with E-state index >= 15 is 0 Å². The van der Waals surface area contributed by atoms with Crippen molar-refractivity contribution in [1.82, 2.24) is 10.2 Å². The molecule has 1 fully saturated rings. The largest absolute Gasteiger partial charge is 0.467 e. The number of alkyl carbamates (subject to hydrolysis) is 1. The molecule has 1 saturated heterocycles. The van der Waals surface area contributed by atoms with Crippen molar-refractivity contribution in [2.24, 2.45) is 5.41 Å². The van der Waals surface area contributed by atoms with E-state index in [2.05, 4.69) is 5.32 Å². The zero-order valence-corrected chi connectivity index (χ0v) is 22.7. The van der Waals surface area contributed by atoms with Gasteiger partial charge < -0.3 is 24.4 Å². The lowest BCUT2D eigenvalue weighted by Crippen LogP contribution is -2.78. The summed E-state index contributed by atoms with van der Waals surface area (Å²) in [7, 11) is 1.18. The fourth-order valence-corrected chi connectivity index (χ4v) is 4.74. The summed E-state index contributed by atoms with van der Waals surface area (Å²) in [6.07, 6.45) is -0.857. The fourth-order valence-electron chi connectivity index (χ4n) is 4.74. The van der Waals surface area contributed by atoms with Crippen LogP contribution in [-0.2, 0) is 35.2 Å². The quantitative estimate of drug-likeness (QED) is 0.425. The fraction of sp³-hybridized carbons (Fsp3) is 0.630. The van der Waals surface area contributed by atoms with Crippen molar-refractivity contribution in [3.05, 3.63) is 35.9 Å². The lowest BCUT2D eigenvalue weighted by Gasteiger charge is -2.57. The van der Waals surface area contributed by atoms with Crippen molar-refractivity contribution in [1.29, 1.82) is 0 Å². The summed E-state index contributed by atoms with van der Waals surface area (Å²) in [5, 5.41) is 2.70. The Kier molecular flexibility index (Phi) is 8.94. The molecule has 36 heavy (non-hydrogen) atoms. The molecule has 9 nitrogen and oxygen atoms in total. The van der Waals surface area contributed by atoms with Gasteiger partial charge in [-0.25, -0.2) is 9.59 Å². The Hall–Kier alpha value is -2.94. The van der Waals surface area contributed by atoms with Crippen LogP contribution >= 0.6 is 0 Å². The Bertz CT molecular complexity index is 955. The second-order valence-electron chi connectivity index (χ2n) is 11.4. The van der Waals surface area contributed by atoms with E-state index in [9.17, 15) is 19.2 Å². The molecule has 0 bridgehead atoms. The topological polar surface area (TPSA) is 111 Å². The molecule has 1 aromatic carbocycles. The van der Waals surface area contributed by atoms with Gasteiger partial charge in [0, 0.05) is 30.3 Å². The Balaban J connectivity index is 2.59. The molecule has 1 N–H and O–H groups in total. The van der Waals surface area contributed by atoms with E-state index in [0.29, 0.717) is 0 Å². The molecular weight excluding hydrogens is 464 g/mol. The highest BCUT2D eigenvalue weighted by Gasteiger charge is 2.68. The van der Waals surface area contributed by atoms with E-state index in [-0.39, 0.29) is 38.5 Å². The summed E-state index contributed by atoms with van der Waals surface area (Å²) >= 11 is 0. The molecule has 9 heteroatoms. The average molecular weight is 505 g/mol. The van der Waals surface area contributed by atoms with Crippen LogP contribution < -0.4 is 5.32 Å². The third-order valence-corrected chi connectivity index (χ3v) is 6.13. The summed E-state index contributed by atoms with van der Waals surface area (Å²) in [4.78, 5) is 54.6. The van der Waals surface area contributed by atoms with Gasteiger partial charge >= 0.3 is 12.1 Å². The van der Waals surface area contributed by atoms with Crippen LogP contribution in [0.25, 0.3) is 0 Å². The van der Waals surface area contributed by atoms with Crippen LogP contribution in [0, 0.1) is 5.41 Å². The first-order valence-corrected chi connectivity index (χ1v) is 12.1. The molecule has 0 saturated carbocycles. The number of amides is 2. The number of hydrogen-bond donors (Lipinski definition) is 1.